The van der Waals surface area contributed by atoms with Gasteiger partial charge >= 0.3 is 12.4 Å². The van der Waals surface area contributed by atoms with E-state index in [1.165, 1.54) is 6.07 Å². The molecule has 0 aliphatic carbocycles. The summed E-state index contributed by atoms with van der Waals surface area (Å²) in [5, 5.41) is 0. The predicted molar refractivity (Wildman–Crippen MR) is 63.4 cm³/mol. The molecule has 19 heavy (non-hydrogen) atoms. The maximum Gasteiger partial charge on any atom is 0.419 e. The number of aryl methyl sites for hydroxylation is 1. The highest BCUT2D eigenvalue weighted by molar-refractivity contribution is 14.1. The van der Waals surface area contributed by atoms with Gasteiger partial charge in [0.15, 0.2) is 6.17 Å². The average Bonchev–Trinajstić information content (AvgIpc) is 2.22. The van der Waals surface area contributed by atoms with E-state index in [9.17, 15) is 30.7 Å². The molecule has 0 radical (unpaired) electrons. The number of halogens is 8. The van der Waals surface area contributed by atoms with Crippen LogP contribution in [0.1, 0.15) is 17.5 Å². The van der Waals surface area contributed by atoms with E-state index in [0.29, 0.717) is 0 Å². The highest BCUT2D eigenvalue weighted by Gasteiger charge is 2.39. The lowest BCUT2D eigenvalue weighted by atomic mass is 10.0. The Kier molecular flexibility index (Phi) is 5.08. The molecule has 1 aromatic carbocycles. The van der Waals surface area contributed by atoms with E-state index in [1.54, 1.807) is 22.6 Å². The topological polar surface area (TPSA) is 0 Å². The molecule has 0 aliphatic heterocycles. The van der Waals surface area contributed by atoms with Gasteiger partial charge < -0.3 is 0 Å². The predicted octanol–water partition coefficient (Wildman–Crippen LogP) is 5.14. The standard InChI is InChI=1S/C11H8F7I/c12-9(11(16,17)18)2-1-6-3-7(10(13,14)15)5-8(19)4-6/h3-5,9H,1-2H2. The lowest BCUT2D eigenvalue weighted by molar-refractivity contribution is -0.181. The van der Waals surface area contributed by atoms with Crippen molar-refractivity contribution in [1.29, 1.82) is 0 Å². The third-order valence-corrected chi connectivity index (χ3v) is 2.95. The van der Waals surface area contributed by atoms with E-state index >= 15 is 0 Å². The van der Waals surface area contributed by atoms with Crippen molar-refractivity contribution in [2.75, 3.05) is 0 Å². The molecule has 0 spiro atoms. The number of benzene rings is 1. The summed E-state index contributed by atoms with van der Waals surface area (Å²) < 4.78 is 86.2. The molecule has 0 fully saturated rings. The van der Waals surface area contributed by atoms with Crippen LogP contribution in [0.15, 0.2) is 18.2 Å². The van der Waals surface area contributed by atoms with Crippen LogP contribution < -0.4 is 0 Å². The summed E-state index contributed by atoms with van der Waals surface area (Å²) in [5.41, 5.74) is -0.914. The van der Waals surface area contributed by atoms with Crippen molar-refractivity contribution in [3.63, 3.8) is 0 Å². The van der Waals surface area contributed by atoms with Gasteiger partial charge in [-0.05, 0) is 59.2 Å². The maximum atomic E-state index is 12.7. The van der Waals surface area contributed by atoms with Gasteiger partial charge in [0, 0.05) is 3.57 Å². The Morgan fingerprint density at radius 2 is 1.58 bits per heavy atom. The number of alkyl halides is 7. The smallest absolute Gasteiger partial charge is 0.237 e. The van der Waals surface area contributed by atoms with Gasteiger partial charge in [0.2, 0.25) is 0 Å². The zero-order valence-electron chi connectivity index (χ0n) is 9.25. The van der Waals surface area contributed by atoms with Crippen LogP contribution in [-0.4, -0.2) is 12.3 Å². The molecular formula is C11H8F7I. The summed E-state index contributed by atoms with van der Waals surface area (Å²) >= 11 is 1.63. The summed E-state index contributed by atoms with van der Waals surface area (Å²) in [6.07, 6.45) is -13.9. The molecule has 0 aliphatic rings. The van der Waals surface area contributed by atoms with Crippen molar-refractivity contribution < 1.29 is 30.7 Å². The highest BCUT2D eigenvalue weighted by Crippen LogP contribution is 2.32. The van der Waals surface area contributed by atoms with Crippen LogP contribution in [0.25, 0.3) is 0 Å². The van der Waals surface area contributed by atoms with E-state index in [2.05, 4.69) is 0 Å². The molecule has 0 heterocycles. The third-order valence-electron chi connectivity index (χ3n) is 2.33. The van der Waals surface area contributed by atoms with Gasteiger partial charge in [0.1, 0.15) is 0 Å². The highest BCUT2D eigenvalue weighted by atomic mass is 127. The molecular weight excluding hydrogens is 392 g/mol. The zero-order chi connectivity index (χ0) is 14.8. The fraction of sp³-hybridized carbons (Fsp3) is 0.455. The lowest BCUT2D eigenvalue weighted by Gasteiger charge is -2.13. The van der Waals surface area contributed by atoms with Crippen LogP contribution in [-0.2, 0) is 12.6 Å². The lowest BCUT2D eigenvalue weighted by Crippen LogP contribution is -2.24. The van der Waals surface area contributed by atoms with Crippen LogP contribution in [0.5, 0.6) is 0 Å². The van der Waals surface area contributed by atoms with Gasteiger partial charge in [-0.1, -0.05) is 0 Å². The minimum absolute atomic E-state index is 0.0334. The SMILES string of the molecule is FC(CCc1cc(I)cc(C(F)(F)F)c1)C(F)(F)F. The Labute approximate surface area is 118 Å². The fourth-order valence-electron chi connectivity index (χ4n) is 1.42. The molecule has 1 atom stereocenters. The van der Waals surface area contributed by atoms with Crippen LogP contribution in [0.2, 0.25) is 0 Å². The fourth-order valence-corrected chi connectivity index (χ4v) is 2.15. The second-order valence-electron chi connectivity index (χ2n) is 3.89. The van der Waals surface area contributed by atoms with Crippen LogP contribution in [0, 0.1) is 3.57 Å². The first-order valence-corrected chi connectivity index (χ1v) is 6.15. The summed E-state index contributed by atoms with van der Waals surface area (Å²) in [4.78, 5) is 0. The quantitative estimate of drug-likeness (QED) is 0.487. The number of hydrogen-bond acceptors (Lipinski definition) is 0. The Morgan fingerprint density at radius 1 is 1.00 bits per heavy atom. The zero-order valence-corrected chi connectivity index (χ0v) is 11.4. The molecule has 0 N–H and O–H groups in total. The largest absolute Gasteiger partial charge is 0.419 e. The van der Waals surface area contributed by atoms with Gasteiger partial charge in [0.25, 0.3) is 0 Å². The molecule has 0 amide bonds. The van der Waals surface area contributed by atoms with Gasteiger partial charge in [-0.25, -0.2) is 4.39 Å². The Bertz CT molecular complexity index is 436. The van der Waals surface area contributed by atoms with Crippen LogP contribution >= 0.6 is 22.6 Å². The molecule has 0 saturated heterocycles. The molecule has 1 unspecified atom stereocenters. The van der Waals surface area contributed by atoms with Crippen LogP contribution in [0.4, 0.5) is 30.7 Å². The van der Waals surface area contributed by atoms with Gasteiger partial charge in [0.05, 0.1) is 5.56 Å². The molecule has 0 bridgehead atoms. The van der Waals surface area contributed by atoms with Crippen molar-refractivity contribution in [2.45, 2.75) is 31.4 Å². The third kappa shape index (κ3) is 5.15. The first-order valence-electron chi connectivity index (χ1n) is 5.07. The first-order chi connectivity index (χ1) is 8.50. The van der Waals surface area contributed by atoms with Crippen LogP contribution in [0.3, 0.4) is 0 Å². The molecule has 0 saturated carbocycles. The van der Waals surface area contributed by atoms with Crippen molar-refractivity contribution >= 4 is 22.6 Å². The number of rotatable bonds is 3. The van der Waals surface area contributed by atoms with Gasteiger partial charge in [-0.15, -0.1) is 0 Å². The second kappa shape index (κ2) is 5.84. The average molecular weight is 400 g/mol. The van der Waals surface area contributed by atoms with E-state index in [-0.39, 0.29) is 9.13 Å². The molecule has 1 aromatic rings. The summed E-state index contributed by atoms with van der Waals surface area (Å²) in [6.45, 7) is 0. The van der Waals surface area contributed by atoms with E-state index in [0.717, 1.165) is 12.1 Å². The van der Waals surface area contributed by atoms with Crippen molar-refractivity contribution in [3.8, 4) is 0 Å². The second-order valence-corrected chi connectivity index (χ2v) is 5.14. The van der Waals surface area contributed by atoms with Crippen molar-refractivity contribution in [2.24, 2.45) is 0 Å². The van der Waals surface area contributed by atoms with E-state index in [1.807, 2.05) is 0 Å². The Hall–Kier alpha value is -0.540. The van der Waals surface area contributed by atoms with Crippen molar-refractivity contribution in [1.82, 2.24) is 0 Å². The summed E-state index contributed by atoms with van der Waals surface area (Å²) in [6, 6.07) is 2.92. The molecule has 0 nitrogen and oxygen atoms in total. The van der Waals surface area contributed by atoms with E-state index < -0.39 is 36.9 Å². The summed E-state index contributed by atoms with van der Waals surface area (Å²) in [5.74, 6) is 0. The first kappa shape index (κ1) is 16.5. The maximum absolute atomic E-state index is 12.7. The Balaban J connectivity index is 2.83. The minimum Gasteiger partial charge on any atom is -0.237 e. The monoisotopic (exact) mass is 400 g/mol. The molecule has 0 aromatic heterocycles. The normalized spacial score (nSPS) is 14.5. The van der Waals surface area contributed by atoms with Crippen molar-refractivity contribution in [3.05, 3.63) is 32.9 Å². The molecule has 1 rings (SSSR count). The Morgan fingerprint density at radius 3 is 2.05 bits per heavy atom. The minimum atomic E-state index is -4.98. The molecule has 8 heteroatoms. The number of hydrogen-bond donors (Lipinski definition) is 0. The van der Waals surface area contributed by atoms with Gasteiger partial charge in [-0.3, -0.25) is 0 Å². The summed E-state index contributed by atoms with van der Waals surface area (Å²) in [7, 11) is 0. The van der Waals surface area contributed by atoms with E-state index in [4.69, 9.17) is 0 Å². The van der Waals surface area contributed by atoms with Gasteiger partial charge in [-0.2, -0.15) is 26.3 Å². The molecule has 108 valence electrons.